The maximum Gasteiger partial charge on any atom is 0.219 e. The van der Waals surface area contributed by atoms with Gasteiger partial charge in [-0.1, -0.05) is 30.3 Å². The van der Waals surface area contributed by atoms with Crippen molar-refractivity contribution in [3.8, 4) is 22.8 Å². The molecule has 1 aliphatic rings. The first kappa shape index (κ1) is 21.6. The molecule has 0 amide bonds. The lowest BCUT2D eigenvalue weighted by Gasteiger charge is -2.38. The first-order valence-corrected chi connectivity index (χ1v) is 11.9. The summed E-state index contributed by atoms with van der Waals surface area (Å²) in [6, 6.07) is 20.3. The monoisotopic (exact) mass is 464 g/mol. The zero-order valence-electron chi connectivity index (χ0n) is 19.9. The molecular formula is C28H28N6O. The molecule has 0 aliphatic heterocycles. The van der Waals surface area contributed by atoms with Crippen LogP contribution in [0.3, 0.4) is 0 Å². The van der Waals surface area contributed by atoms with Crippen molar-refractivity contribution in [2.75, 3.05) is 26.4 Å². The van der Waals surface area contributed by atoms with Gasteiger partial charge in [0.25, 0.3) is 0 Å². The predicted octanol–water partition coefficient (Wildman–Crippen LogP) is 5.53. The first-order chi connectivity index (χ1) is 17.0. The van der Waals surface area contributed by atoms with E-state index in [0.29, 0.717) is 23.7 Å². The molecule has 2 aromatic carbocycles. The molecule has 35 heavy (non-hydrogen) atoms. The van der Waals surface area contributed by atoms with E-state index >= 15 is 0 Å². The number of nitrogens with zero attached hydrogens (tertiary/aromatic N) is 5. The van der Waals surface area contributed by atoms with Crippen LogP contribution in [0.1, 0.15) is 18.9 Å². The van der Waals surface area contributed by atoms with E-state index in [1.54, 1.807) is 6.33 Å². The second-order valence-corrected chi connectivity index (χ2v) is 9.63. The molecule has 1 fully saturated rings. The quantitative estimate of drug-likeness (QED) is 0.356. The molecule has 0 saturated heterocycles. The Morgan fingerprint density at radius 2 is 1.83 bits per heavy atom. The Morgan fingerprint density at radius 1 is 1.03 bits per heavy atom. The summed E-state index contributed by atoms with van der Waals surface area (Å²) in [4.78, 5) is 16.0. The van der Waals surface area contributed by atoms with E-state index in [1.807, 2.05) is 42.5 Å². The Hall–Kier alpha value is -3.97. The van der Waals surface area contributed by atoms with E-state index in [1.165, 1.54) is 0 Å². The minimum absolute atomic E-state index is 0.426. The number of nitrogens with two attached hydrogens (primary N) is 1. The van der Waals surface area contributed by atoms with Gasteiger partial charge < -0.3 is 19.9 Å². The van der Waals surface area contributed by atoms with Gasteiger partial charge in [-0.05, 0) is 62.7 Å². The number of fused-ring (bicyclic) bond motifs is 2. The van der Waals surface area contributed by atoms with Crippen molar-refractivity contribution in [1.29, 1.82) is 0 Å². The summed E-state index contributed by atoms with van der Waals surface area (Å²) < 4.78 is 8.25. The van der Waals surface area contributed by atoms with Crippen LogP contribution in [0.15, 0.2) is 73.2 Å². The van der Waals surface area contributed by atoms with Crippen LogP contribution in [0.4, 0.5) is 5.82 Å². The van der Waals surface area contributed by atoms with Crippen LogP contribution in [0.2, 0.25) is 0 Å². The minimum atomic E-state index is 0.426. The zero-order chi connectivity index (χ0) is 23.9. The van der Waals surface area contributed by atoms with Crippen LogP contribution < -0.4 is 10.5 Å². The van der Waals surface area contributed by atoms with Gasteiger partial charge in [0.15, 0.2) is 0 Å². The molecule has 0 radical (unpaired) electrons. The van der Waals surface area contributed by atoms with E-state index < -0.39 is 0 Å². The van der Waals surface area contributed by atoms with Gasteiger partial charge in [-0.15, -0.1) is 0 Å². The van der Waals surface area contributed by atoms with Gasteiger partial charge in [0.1, 0.15) is 23.5 Å². The summed E-state index contributed by atoms with van der Waals surface area (Å²) in [6.45, 7) is 1.11. The number of hydrogen-bond donors (Lipinski definition) is 1. The number of benzene rings is 2. The summed E-state index contributed by atoms with van der Waals surface area (Å²) in [5.74, 6) is 2.54. The first-order valence-electron chi connectivity index (χ1n) is 11.9. The van der Waals surface area contributed by atoms with Gasteiger partial charge in [0.05, 0.1) is 10.9 Å². The lowest BCUT2D eigenvalue weighted by molar-refractivity contribution is 0.159. The van der Waals surface area contributed by atoms with E-state index in [9.17, 15) is 0 Å². The molecule has 6 rings (SSSR count). The Morgan fingerprint density at radius 3 is 2.63 bits per heavy atom. The summed E-state index contributed by atoms with van der Waals surface area (Å²) in [5, 5.41) is 1.95. The van der Waals surface area contributed by atoms with E-state index in [4.69, 9.17) is 15.5 Å². The summed E-state index contributed by atoms with van der Waals surface area (Å²) in [7, 11) is 4.27. The maximum absolute atomic E-state index is 6.38. The molecule has 7 heteroatoms. The second-order valence-electron chi connectivity index (χ2n) is 9.63. The molecule has 7 nitrogen and oxygen atoms in total. The summed E-state index contributed by atoms with van der Waals surface area (Å²) in [6.07, 6.45) is 6.04. The van der Waals surface area contributed by atoms with Crippen LogP contribution in [0.5, 0.6) is 11.6 Å². The van der Waals surface area contributed by atoms with Crippen LogP contribution in [-0.4, -0.2) is 45.1 Å². The molecule has 0 spiro atoms. The number of hydrogen-bond acceptors (Lipinski definition) is 6. The minimum Gasteiger partial charge on any atom is -0.439 e. The molecule has 0 bridgehead atoms. The third kappa shape index (κ3) is 4.08. The van der Waals surface area contributed by atoms with Gasteiger partial charge in [-0.2, -0.15) is 0 Å². The van der Waals surface area contributed by atoms with Crippen LogP contribution in [0.25, 0.3) is 33.1 Å². The fourth-order valence-corrected chi connectivity index (χ4v) is 5.13. The topological polar surface area (TPSA) is 82.1 Å². The fourth-order valence-electron chi connectivity index (χ4n) is 5.13. The maximum atomic E-state index is 6.38. The van der Waals surface area contributed by atoms with Crippen LogP contribution >= 0.6 is 0 Å². The van der Waals surface area contributed by atoms with E-state index in [0.717, 1.165) is 58.2 Å². The Bertz CT molecular complexity index is 1500. The van der Waals surface area contributed by atoms with Gasteiger partial charge in [0.2, 0.25) is 5.88 Å². The van der Waals surface area contributed by atoms with Gasteiger partial charge in [-0.25, -0.2) is 15.0 Å². The number of rotatable bonds is 6. The highest BCUT2D eigenvalue weighted by Gasteiger charge is 2.32. The average molecular weight is 465 g/mol. The SMILES string of the molecule is CN(C)CC1CC(n2cc(-c3ccc4ccc(Oc5ccccc5)nc4c3)c3c(N)ncnc32)C1. The van der Waals surface area contributed by atoms with Gasteiger partial charge in [0, 0.05) is 35.8 Å². The Labute approximate surface area is 204 Å². The lowest BCUT2D eigenvalue weighted by atomic mass is 9.80. The molecule has 1 saturated carbocycles. The summed E-state index contributed by atoms with van der Waals surface area (Å²) in [5.41, 5.74) is 10.2. The Kier molecular flexibility index (Phi) is 5.34. The zero-order valence-corrected chi connectivity index (χ0v) is 19.9. The number of para-hydroxylation sites is 1. The van der Waals surface area contributed by atoms with Crippen LogP contribution in [-0.2, 0) is 0 Å². The molecule has 2 N–H and O–H groups in total. The predicted molar refractivity (Wildman–Crippen MR) is 140 cm³/mol. The number of pyridine rings is 1. The third-order valence-corrected chi connectivity index (χ3v) is 6.81. The van der Waals surface area contributed by atoms with Crippen molar-refractivity contribution in [2.24, 2.45) is 5.92 Å². The highest BCUT2D eigenvalue weighted by atomic mass is 16.5. The molecule has 3 heterocycles. The Balaban J connectivity index is 1.38. The number of anilines is 1. The molecule has 5 aromatic rings. The van der Waals surface area contributed by atoms with Crippen LogP contribution in [0, 0.1) is 5.92 Å². The molecule has 176 valence electrons. The van der Waals surface area contributed by atoms with Gasteiger partial charge >= 0.3 is 0 Å². The highest BCUT2D eigenvalue weighted by molar-refractivity contribution is 6.02. The number of aromatic nitrogens is 4. The van der Waals surface area contributed by atoms with Crippen molar-refractivity contribution >= 4 is 27.8 Å². The van der Waals surface area contributed by atoms with E-state index in [-0.39, 0.29) is 0 Å². The normalized spacial score (nSPS) is 17.7. The highest BCUT2D eigenvalue weighted by Crippen LogP contribution is 2.43. The summed E-state index contributed by atoms with van der Waals surface area (Å²) >= 11 is 0. The smallest absolute Gasteiger partial charge is 0.219 e. The fraction of sp³-hybridized carbons (Fsp3) is 0.250. The third-order valence-electron chi connectivity index (χ3n) is 6.81. The molecule has 3 aromatic heterocycles. The number of ether oxygens (including phenoxy) is 1. The number of nitrogen functional groups attached to an aromatic ring is 1. The van der Waals surface area contributed by atoms with Crippen molar-refractivity contribution in [2.45, 2.75) is 18.9 Å². The largest absolute Gasteiger partial charge is 0.439 e. The van der Waals surface area contributed by atoms with Crippen molar-refractivity contribution < 1.29 is 4.74 Å². The molecular weight excluding hydrogens is 436 g/mol. The molecule has 0 atom stereocenters. The van der Waals surface area contributed by atoms with Crippen molar-refractivity contribution in [1.82, 2.24) is 24.4 Å². The second kappa shape index (κ2) is 8.67. The average Bonchev–Trinajstić information content (AvgIpc) is 3.22. The van der Waals surface area contributed by atoms with Crippen molar-refractivity contribution in [3.63, 3.8) is 0 Å². The van der Waals surface area contributed by atoms with Gasteiger partial charge in [-0.3, -0.25) is 0 Å². The molecule has 1 aliphatic carbocycles. The van der Waals surface area contributed by atoms with Crippen molar-refractivity contribution in [3.05, 3.63) is 73.2 Å². The van der Waals surface area contributed by atoms with E-state index in [2.05, 4.69) is 57.9 Å². The molecule has 0 unspecified atom stereocenters. The standard InChI is InChI=1S/C28H28N6O/c1-33(2)15-18-12-21(13-18)34-16-23(26-27(29)30-17-31-28(26)34)20-9-8-19-10-11-25(32-24(19)14-20)35-22-6-4-3-5-7-22/h3-11,14,16-18,21H,12-13,15H2,1-2H3,(H2,29,30,31). The lowest BCUT2D eigenvalue weighted by Crippen LogP contribution is -2.33.